The van der Waals surface area contributed by atoms with Crippen LogP contribution in [0, 0.1) is 11.8 Å². The number of hydrogen-bond acceptors (Lipinski definition) is 15. The molecule has 8 amide bonds. The van der Waals surface area contributed by atoms with Gasteiger partial charge in [0.2, 0.25) is 47.3 Å². The summed E-state index contributed by atoms with van der Waals surface area (Å²) in [6, 6.07) is 24.1. The molecule has 0 unspecified atom stereocenters. The maximum Gasteiger partial charge on any atom is 0.341 e. The third-order valence-electron chi connectivity index (χ3n) is 15.9. The lowest BCUT2D eigenvalue weighted by atomic mass is 9.97. The number of rotatable bonds is 39. The number of aliphatic carboxylic acids is 3. The van der Waals surface area contributed by atoms with Crippen molar-refractivity contribution in [3.63, 3.8) is 0 Å². The van der Waals surface area contributed by atoms with Crippen molar-refractivity contribution in [3.05, 3.63) is 156 Å². The van der Waals surface area contributed by atoms with Crippen LogP contribution >= 0.6 is 0 Å². The number of Topliss-reactive ketones (excluding diaryl/α,β-unsaturated/α-hetero) is 1. The first-order valence-electron chi connectivity index (χ1n) is 32.1. The first kappa shape index (κ1) is 76.1. The van der Waals surface area contributed by atoms with Gasteiger partial charge >= 0.3 is 17.9 Å². The van der Waals surface area contributed by atoms with Gasteiger partial charge in [0.25, 0.3) is 0 Å². The molecule has 0 spiro atoms. The molecule has 0 aliphatic heterocycles. The molecular weight excluding hydrogens is 1260 g/mol. The molecule has 5 aromatic carbocycles. The molecule has 14 N–H and O–H groups in total. The number of hydrogen-bond donors (Lipinski definition) is 13. The monoisotopic (exact) mass is 1350 g/mol. The number of amides is 8. The number of para-hydroxylation sites is 1. The number of carboxylic acid groups (broad SMARTS) is 3. The van der Waals surface area contributed by atoms with Crippen molar-refractivity contribution in [2.24, 2.45) is 17.6 Å². The largest absolute Gasteiger partial charge is 0.482 e. The topological polar surface area (TPSA) is 422 Å². The minimum atomic E-state index is -1.97. The highest BCUT2D eigenvalue weighted by atomic mass is 16.5. The summed E-state index contributed by atoms with van der Waals surface area (Å²) in [6.07, 6.45) is 0.267. The second-order valence-electron chi connectivity index (χ2n) is 24.3. The number of H-pyrrole nitrogens is 1. The fraction of sp³-hybridized carbons (Fsp3) is 0.380. The first-order chi connectivity index (χ1) is 46.7. The van der Waals surface area contributed by atoms with Crippen molar-refractivity contribution < 1.29 is 82.3 Å². The van der Waals surface area contributed by atoms with Crippen molar-refractivity contribution >= 4 is 81.9 Å². The van der Waals surface area contributed by atoms with Gasteiger partial charge in [0.1, 0.15) is 53.8 Å². The Morgan fingerprint density at radius 1 is 0.449 bits per heavy atom. The van der Waals surface area contributed by atoms with Crippen molar-refractivity contribution in [3.8, 4) is 22.6 Å². The van der Waals surface area contributed by atoms with Crippen LogP contribution in [0.1, 0.15) is 89.5 Å². The Kier molecular flexibility index (Phi) is 29.0. The van der Waals surface area contributed by atoms with E-state index in [1.165, 1.54) is 55.5 Å². The predicted octanol–water partition coefficient (Wildman–Crippen LogP) is 3.44. The average Bonchev–Trinajstić information content (AvgIpc) is 1.63. The van der Waals surface area contributed by atoms with Gasteiger partial charge in [-0.2, -0.15) is 0 Å². The molecule has 522 valence electrons. The molecule has 0 aliphatic carbocycles. The van der Waals surface area contributed by atoms with Gasteiger partial charge in [-0.3, -0.25) is 47.9 Å². The molecule has 0 fully saturated rings. The van der Waals surface area contributed by atoms with Crippen LogP contribution in [0.3, 0.4) is 0 Å². The van der Waals surface area contributed by atoms with Gasteiger partial charge < -0.3 is 78.0 Å². The molecule has 0 saturated carbocycles. The van der Waals surface area contributed by atoms with Crippen LogP contribution < -0.4 is 57.7 Å². The van der Waals surface area contributed by atoms with Crippen molar-refractivity contribution in [1.29, 1.82) is 0 Å². The number of nitrogens with one attached hydrogen (secondary N) is 9. The van der Waals surface area contributed by atoms with Crippen LogP contribution in [-0.2, 0) is 83.2 Å². The summed E-state index contributed by atoms with van der Waals surface area (Å²) in [5.74, 6) is -12.2. The number of ether oxygens (including phenoxy) is 2. The molecular formula is C71H86N10O17. The molecule has 0 radical (unpaired) electrons. The normalized spacial score (nSPS) is 13.6. The Morgan fingerprint density at radius 3 is 1.30 bits per heavy atom. The van der Waals surface area contributed by atoms with E-state index < -0.39 is 145 Å². The second kappa shape index (κ2) is 37.4. The summed E-state index contributed by atoms with van der Waals surface area (Å²) in [7, 11) is 0. The number of fused-ring (bicyclic) bond motifs is 1. The predicted molar refractivity (Wildman–Crippen MR) is 361 cm³/mol. The minimum Gasteiger partial charge on any atom is -0.482 e. The second-order valence-corrected chi connectivity index (χ2v) is 24.3. The van der Waals surface area contributed by atoms with E-state index in [0.29, 0.717) is 39.6 Å². The average molecular weight is 1350 g/mol. The van der Waals surface area contributed by atoms with E-state index in [2.05, 4.69) is 47.5 Å². The quantitative estimate of drug-likeness (QED) is 0.0263. The lowest BCUT2D eigenvalue weighted by Crippen LogP contribution is -2.62. The molecule has 1 heterocycles. The Balaban J connectivity index is 1.31. The molecule has 98 heavy (non-hydrogen) atoms. The van der Waals surface area contributed by atoms with Crippen LogP contribution in [0.5, 0.6) is 11.5 Å². The summed E-state index contributed by atoms with van der Waals surface area (Å²) in [6.45, 7) is 8.50. The third-order valence-corrected chi connectivity index (χ3v) is 15.9. The molecule has 6 rings (SSSR count). The number of aromatic amines is 1. The van der Waals surface area contributed by atoms with E-state index in [1.807, 2.05) is 42.5 Å². The number of carbonyl (C=O) groups is 12. The zero-order chi connectivity index (χ0) is 71.6. The summed E-state index contributed by atoms with van der Waals surface area (Å²) < 4.78 is 10.5. The maximum absolute atomic E-state index is 15.1. The van der Waals surface area contributed by atoms with Gasteiger partial charge in [-0.05, 0) is 102 Å². The number of carbonyl (C=O) groups excluding carboxylic acids is 9. The van der Waals surface area contributed by atoms with Crippen LogP contribution in [0.15, 0.2) is 134 Å². The number of aromatic nitrogens is 1. The highest BCUT2D eigenvalue weighted by Gasteiger charge is 2.37. The van der Waals surface area contributed by atoms with E-state index in [-0.39, 0.29) is 62.4 Å². The first-order valence-corrected chi connectivity index (χ1v) is 32.1. The van der Waals surface area contributed by atoms with E-state index in [0.717, 1.165) is 11.1 Å². The van der Waals surface area contributed by atoms with Crippen molar-refractivity contribution in [2.75, 3.05) is 19.8 Å². The van der Waals surface area contributed by atoms with Crippen LogP contribution in [0.4, 0.5) is 0 Å². The smallest absolute Gasteiger partial charge is 0.341 e. The van der Waals surface area contributed by atoms with E-state index in [4.69, 9.17) is 25.4 Å². The van der Waals surface area contributed by atoms with Crippen LogP contribution in [-0.4, -0.2) is 159 Å². The lowest BCUT2D eigenvalue weighted by molar-refractivity contribution is -0.142. The van der Waals surface area contributed by atoms with Crippen molar-refractivity contribution in [1.82, 2.24) is 47.5 Å². The summed E-state index contributed by atoms with van der Waals surface area (Å²) in [4.78, 5) is 166. The fourth-order valence-corrected chi connectivity index (χ4v) is 10.6. The molecule has 27 heteroatoms. The molecule has 6 aromatic rings. The van der Waals surface area contributed by atoms with Crippen molar-refractivity contribution in [2.45, 2.75) is 141 Å². The number of benzene rings is 5. The SMILES string of the molecule is CCC(=O)N[C@@H](Cc1ccc(OCC(=O)O)cc1)C(=O)N[C@@H](Cc1ccc(OCC(=O)O)cc1)C(=O)N[C@@H](CC(=O)O)C(=O)N[C@@H](Cc1c[nH]c2ccccc12)C(=O)N[C@H](C(=O)N[C@@H](Cc1ccc(-c2ccccc2)cc1)C(=O)N[C@H](C(=O)N[C@@H](CCCN)C(C)=O)C(C)C)C(C)C. The summed E-state index contributed by atoms with van der Waals surface area (Å²) in [5.41, 5.74) is 10.1. The zero-order valence-corrected chi connectivity index (χ0v) is 55.4. The lowest BCUT2D eigenvalue weighted by Gasteiger charge is -2.30. The minimum absolute atomic E-state index is 0.0583. The number of ketones is 1. The van der Waals surface area contributed by atoms with Crippen LogP contribution in [0.2, 0.25) is 0 Å². The van der Waals surface area contributed by atoms with Crippen LogP contribution in [0.25, 0.3) is 22.0 Å². The van der Waals surface area contributed by atoms with Gasteiger partial charge in [0, 0.05) is 49.2 Å². The van der Waals surface area contributed by atoms with Gasteiger partial charge in [0.15, 0.2) is 19.0 Å². The van der Waals surface area contributed by atoms with Gasteiger partial charge in [-0.25, -0.2) is 9.59 Å². The Morgan fingerprint density at radius 2 is 0.847 bits per heavy atom. The molecule has 27 nitrogen and oxygen atoms in total. The Bertz CT molecular complexity index is 3750. The van der Waals surface area contributed by atoms with Gasteiger partial charge in [0.05, 0.1) is 12.5 Å². The Labute approximate surface area is 566 Å². The number of carboxylic acids is 3. The van der Waals surface area contributed by atoms with E-state index in [1.54, 1.807) is 77.2 Å². The highest BCUT2D eigenvalue weighted by molar-refractivity contribution is 5.99. The van der Waals surface area contributed by atoms with Gasteiger partial charge in [-0.1, -0.05) is 132 Å². The standard InChI is InChI=1S/C71H86N10O17/c1-7-59(83)74-54(32-44-21-27-49(28-22-44)97-38-61(86)87)65(90)76-55(34-45-23-29-50(30-24-45)98-39-62(88)89)66(91)78-58(36-60(84)85)67(92)77-57(35-48-37-73-53-17-12-11-16-51(48)53)69(94)81-64(41(4)5)71(96)79-56(33-43-19-25-47(26-20-43)46-14-9-8-10-15-46)68(93)80-63(40(2)3)70(95)75-52(42(6)82)18-13-31-72/h8-12,14-17,19-30,37,40-41,52,54-58,63-64,73H,7,13,18,31-36,38-39,72H2,1-6H3,(H,74,83)(H,75,95)(H,76,90)(H,77,92)(H,78,91)(H,79,96)(H,80,93)(H,81,94)(H,84,85)(H,86,87)(H,88,89)/t52-,54-,55-,56-,57-,58-,63-,64-/m0/s1. The fourth-order valence-electron chi connectivity index (χ4n) is 10.6. The molecule has 0 aliphatic rings. The highest BCUT2D eigenvalue weighted by Crippen LogP contribution is 2.23. The molecule has 1 aromatic heterocycles. The van der Waals surface area contributed by atoms with E-state index in [9.17, 15) is 57.8 Å². The molecule has 0 bridgehead atoms. The zero-order valence-electron chi connectivity index (χ0n) is 55.4. The maximum atomic E-state index is 15.1. The molecule has 0 saturated heterocycles. The summed E-state index contributed by atoms with van der Waals surface area (Å²) in [5, 5.41) is 50.6. The number of nitrogens with two attached hydrogens (primary N) is 1. The summed E-state index contributed by atoms with van der Waals surface area (Å²) >= 11 is 0. The Hall–Kier alpha value is -11.0. The molecule has 8 atom stereocenters. The third kappa shape index (κ3) is 23.7. The van der Waals surface area contributed by atoms with Gasteiger partial charge in [-0.15, -0.1) is 0 Å². The van der Waals surface area contributed by atoms with E-state index >= 15 is 4.79 Å².